The number of carbonyl (C=O) groups is 1. The van der Waals surface area contributed by atoms with Gasteiger partial charge in [-0.25, -0.2) is 4.79 Å². The second-order valence-corrected chi connectivity index (χ2v) is 9.48. The van der Waals surface area contributed by atoms with Gasteiger partial charge in [0.1, 0.15) is 6.54 Å². The van der Waals surface area contributed by atoms with Gasteiger partial charge in [0, 0.05) is 45.8 Å². The molecule has 1 aromatic carbocycles. The lowest BCUT2D eigenvalue weighted by Crippen LogP contribution is -2.44. The summed E-state index contributed by atoms with van der Waals surface area (Å²) in [7, 11) is 0. The van der Waals surface area contributed by atoms with E-state index >= 15 is 0 Å². The average molecular weight is 540 g/mol. The summed E-state index contributed by atoms with van der Waals surface area (Å²) in [5, 5.41) is 3.33. The molecule has 0 spiro atoms. The number of hydrogen-bond donors (Lipinski definition) is 1. The molecule has 38 heavy (non-hydrogen) atoms. The number of rotatable bonds is 7. The van der Waals surface area contributed by atoms with Crippen LogP contribution in [0.25, 0.3) is 11.2 Å². The van der Waals surface area contributed by atoms with Crippen LogP contribution >= 0.6 is 12.4 Å². The molecule has 11 heteroatoms. The van der Waals surface area contributed by atoms with Crippen LogP contribution in [-0.4, -0.2) is 68.8 Å². The van der Waals surface area contributed by atoms with Gasteiger partial charge in [0.15, 0.2) is 11.2 Å². The van der Waals surface area contributed by atoms with Gasteiger partial charge in [-0.1, -0.05) is 36.3 Å². The molecule has 0 radical (unpaired) electrons. The second-order valence-electron chi connectivity index (χ2n) is 9.48. The maximum Gasteiger partial charge on any atom is 0.333 e. The first-order valence-electron chi connectivity index (χ1n) is 13.0. The molecular formula is C27H34ClN7O3. The molecule has 2 fully saturated rings. The zero-order valence-electron chi connectivity index (χ0n) is 21.7. The number of nitrogens with one attached hydrogen (secondary N) is 1. The monoisotopic (exact) mass is 539 g/mol. The van der Waals surface area contributed by atoms with Gasteiger partial charge in [-0.15, -0.1) is 18.3 Å². The molecule has 4 heterocycles. The molecule has 2 aromatic heterocycles. The van der Waals surface area contributed by atoms with Crippen molar-refractivity contribution in [2.24, 2.45) is 0 Å². The molecule has 2 aliphatic rings. The first-order valence-corrected chi connectivity index (χ1v) is 13.0. The van der Waals surface area contributed by atoms with E-state index < -0.39 is 11.2 Å². The Balaban J connectivity index is 0.00000336. The van der Waals surface area contributed by atoms with Gasteiger partial charge >= 0.3 is 5.69 Å². The topological polar surface area (TPSA) is 97.4 Å². The Hall–Kier alpha value is -3.55. The first-order chi connectivity index (χ1) is 18.1. The molecule has 0 bridgehead atoms. The minimum Gasteiger partial charge on any atom is -0.341 e. The van der Waals surface area contributed by atoms with Crippen molar-refractivity contribution in [2.45, 2.75) is 45.8 Å². The summed E-state index contributed by atoms with van der Waals surface area (Å²) in [5.41, 5.74) is 0.704. The predicted molar refractivity (Wildman–Crippen MR) is 150 cm³/mol. The number of fused-ring (bicyclic) bond motifs is 1. The fourth-order valence-electron chi connectivity index (χ4n) is 5.12. The standard InChI is InChI=1S/C27H33N7O3.ClH/c1-2-3-16-32-23-24(29-26(32)31-18-12-28-13-19-31)34(20-22(35)30-14-7-8-15-30)27(37)33(25(23)36)17-11-21-9-5-4-6-10-21;/h4-6,9-10,28H,7-8,11-20H2,1H3;1H. The highest BCUT2D eigenvalue weighted by atomic mass is 35.5. The molecule has 0 atom stereocenters. The summed E-state index contributed by atoms with van der Waals surface area (Å²) in [6.07, 6.45) is 2.45. The van der Waals surface area contributed by atoms with Gasteiger partial charge in [-0.05, 0) is 31.7 Å². The van der Waals surface area contributed by atoms with Crippen molar-refractivity contribution in [3.05, 3.63) is 56.7 Å². The van der Waals surface area contributed by atoms with Crippen molar-refractivity contribution in [2.75, 3.05) is 44.2 Å². The quantitative estimate of drug-likeness (QED) is 0.451. The summed E-state index contributed by atoms with van der Waals surface area (Å²) in [6.45, 7) is 6.53. The fraction of sp³-hybridized carbons (Fsp3) is 0.481. The van der Waals surface area contributed by atoms with Crippen molar-refractivity contribution in [1.29, 1.82) is 0 Å². The van der Waals surface area contributed by atoms with E-state index in [0.717, 1.165) is 44.6 Å². The van der Waals surface area contributed by atoms with E-state index in [1.54, 1.807) is 11.8 Å². The van der Waals surface area contributed by atoms with Crippen molar-refractivity contribution >= 4 is 35.4 Å². The highest BCUT2D eigenvalue weighted by molar-refractivity contribution is 5.85. The molecule has 202 valence electrons. The third kappa shape index (κ3) is 5.49. The Kier molecular flexibility index (Phi) is 8.92. The van der Waals surface area contributed by atoms with Crippen molar-refractivity contribution < 1.29 is 4.79 Å². The third-order valence-corrected chi connectivity index (χ3v) is 7.13. The molecule has 1 amide bonds. The number of piperazine rings is 1. The molecule has 5 rings (SSSR count). The third-order valence-electron chi connectivity index (χ3n) is 7.13. The molecule has 2 aliphatic heterocycles. The van der Waals surface area contributed by atoms with Gasteiger partial charge in [-0.2, -0.15) is 4.98 Å². The van der Waals surface area contributed by atoms with E-state index in [4.69, 9.17) is 4.98 Å². The van der Waals surface area contributed by atoms with E-state index in [-0.39, 0.29) is 43.6 Å². The van der Waals surface area contributed by atoms with Gasteiger partial charge in [-0.3, -0.25) is 23.3 Å². The zero-order valence-corrected chi connectivity index (χ0v) is 22.5. The summed E-state index contributed by atoms with van der Waals surface area (Å²) in [4.78, 5) is 49.5. The first kappa shape index (κ1) is 27.5. The number of halogens is 1. The van der Waals surface area contributed by atoms with Crippen LogP contribution in [0.1, 0.15) is 25.3 Å². The number of aryl methyl sites for hydroxylation is 1. The Labute approximate surface area is 227 Å². The number of anilines is 1. The van der Waals surface area contributed by atoms with Crippen LogP contribution < -0.4 is 21.5 Å². The van der Waals surface area contributed by atoms with Gasteiger partial charge in [0.25, 0.3) is 5.56 Å². The maximum atomic E-state index is 13.9. The number of carbonyl (C=O) groups excluding carboxylic acids is 1. The number of hydrogen-bond acceptors (Lipinski definition) is 6. The van der Waals surface area contributed by atoms with Gasteiger partial charge in [0.2, 0.25) is 11.9 Å². The zero-order chi connectivity index (χ0) is 25.8. The van der Waals surface area contributed by atoms with Crippen LogP contribution in [0.5, 0.6) is 0 Å². The number of amides is 1. The van der Waals surface area contributed by atoms with E-state index in [9.17, 15) is 14.4 Å². The summed E-state index contributed by atoms with van der Waals surface area (Å²) in [6, 6.07) is 9.76. The van der Waals surface area contributed by atoms with Crippen LogP contribution in [0, 0.1) is 11.8 Å². The number of likely N-dealkylation sites (tertiary alicyclic amines) is 1. The molecule has 1 N–H and O–H groups in total. The van der Waals surface area contributed by atoms with Crippen LogP contribution in [0.15, 0.2) is 39.9 Å². The molecule has 0 saturated carbocycles. The number of aromatic nitrogens is 4. The van der Waals surface area contributed by atoms with Crippen LogP contribution in [-0.2, 0) is 30.8 Å². The van der Waals surface area contributed by atoms with Gasteiger partial charge < -0.3 is 15.1 Å². The largest absolute Gasteiger partial charge is 0.341 e. The average Bonchev–Trinajstić information content (AvgIpc) is 3.60. The van der Waals surface area contributed by atoms with Crippen molar-refractivity contribution in [3.63, 3.8) is 0 Å². The normalized spacial score (nSPS) is 15.3. The highest BCUT2D eigenvalue weighted by Gasteiger charge is 2.27. The number of imidazole rings is 1. The Morgan fingerprint density at radius 1 is 1.00 bits per heavy atom. The predicted octanol–water partition coefficient (Wildman–Crippen LogP) is 1.08. The van der Waals surface area contributed by atoms with E-state index in [1.165, 1.54) is 9.13 Å². The SMILES string of the molecule is CC#CCn1c(N2CCNCC2)nc2c1c(=O)n(CCc1ccccc1)c(=O)n2CC(=O)N1CCCC1.Cl. The molecular weight excluding hydrogens is 506 g/mol. The van der Waals surface area contributed by atoms with Crippen molar-refractivity contribution in [3.8, 4) is 11.8 Å². The minimum absolute atomic E-state index is 0. The van der Waals surface area contributed by atoms with E-state index in [1.807, 2.05) is 34.9 Å². The van der Waals surface area contributed by atoms with E-state index in [2.05, 4.69) is 22.1 Å². The van der Waals surface area contributed by atoms with E-state index in [0.29, 0.717) is 31.0 Å². The van der Waals surface area contributed by atoms with Crippen molar-refractivity contribution in [1.82, 2.24) is 28.9 Å². The number of nitrogens with zero attached hydrogens (tertiary/aromatic N) is 6. The molecule has 0 aliphatic carbocycles. The smallest absolute Gasteiger partial charge is 0.333 e. The number of benzene rings is 1. The fourth-order valence-corrected chi connectivity index (χ4v) is 5.12. The van der Waals surface area contributed by atoms with Crippen LogP contribution in [0.4, 0.5) is 5.95 Å². The Morgan fingerprint density at radius 2 is 1.71 bits per heavy atom. The lowest BCUT2D eigenvalue weighted by molar-refractivity contribution is -0.130. The summed E-state index contributed by atoms with van der Waals surface area (Å²) >= 11 is 0. The second kappa shape index (κ2) is 12.3. The highest BCUT2D eigenvalue weighted by Crippen LogP contribution is 2.21. The van der Waals surface area contributed by atoms with Gasteiger partial charge in [0.05, 0.1) is 6.54 Å². The Morgan fingerprint density at radius 3 is 2.39 bits per heavy atom. The van der Waals surface area contributed by atoms with Crippen LogP contribution in [0.2, 0.25) is 0 Å². The Bertz CT molecular complexity index is 1450. The minimum atomic E-state index is -0.501. The molecule has 2 saturated heterocycles. The van der Waals surface area contributed by atoms with Crippen LogP contribution in [0.3, 0.4) is 0 Å². The molecule has 10 nitrogen and oxygen atoms in total. The lowest BCUT2D eigenvalue weighted by atomic mass is 10.1. The lowest BCUT2D eigenvalue weighted by Gasteiger charge is -2.28. The maximum absolute atomic E-state index is 13.9. The molecule has 3 aromatic rings. The summed E-state index contributed by atoms with van der Waals surface area (Å²) < 4.78 is 4.46. The molecule has 0 unspecified atom stereocenters. The summed E-state index contributed by atoms with van der Waals surface area (Å²) in [5.74, 6) is 6.46.